The Labute approximate surface area is 159 Å². The molecule has 3 aromatic rings. The molecule has 2 aromatic heterocycles. The van der Waals surface area contributed by atoms with Crippen molar-refractivity contribution >= 4 is 16.9 Å². The highest BCUT2D eigenvalue weighted by atomic mass is 15.3. The number of likely N-dealkylation sites (tertiary alicyclic amines) is 1. The van der Waals surface area contributed by atoms with Crippen molar-refractivity contribution in [2.75, 3.05) is 25.9 Å². The van der Waals surface area contributed by atoms with Crippen molar-refractivity contribution in [3.63, 3.8) is 0 Å². The van der Waals surface area contributed by atoms with E-state index < -0.39 is 0 Å². The van der Waals surface area contributed by atoms with Gasteiger partial charge in [0.15, 0.2) is 5.65 Å². The third-order valence-electron chi connectivity index (χ3n) is 5.26. The first-order valence-corrected chi connectivity index (χ1v) is 9.29. The fourth-order valence-corrected chi connectivity index (χ4v) is 3.57. The summed E-state index contributed by atoms with van der Waals surface area (Å²) in [5.74, 6) is 6.93. The van der Waals surface area contributed by atoms with E-state index >= 15 is 0 Å². The van der Waals surface area contributed by atoms with E-state index in [1.807, 2.05) is 4.68 Å². The third kappa shape index (κ3) is 3.38. The van der Waals surface area contributed by atoms with Crippen LogP contribution in [-0.2, 0) is 0 Å². The summed E-state index contributed by atoms with van der Waals surface area (Å²) in [6.45, 7) is 6.24. The number of rotatable bonds is 1. The molecule has 27 heavy (non-hydrogen) atoms. The van der Waals surface area contributed by atoms with Gasteiger partial charge in [-0.2, -0.15) is 5.10 Å². The number of piperidine rings is 1. The lowest BCUT2D eigenvalue weighted by atomic mass is 10.1. The van der Waals surface area contributed by atoms with Crippen LogP contribution in [0.5, 0.6) is 0 Å². The van der Waals surface area contributed by atoms with Crippen molar-refractivity contribution in [1.82, 2.24) is 24.6 Å². The molecule has 138 valence electrons. The highest BCUT2D eigenvalue weighted by Crippen LogP contribution is 2.28. The van der Waals surface area contributed by atoms with Gasteiger partial charge < -0.3 is 10.6 Å². The fourth-order valence-electron chi connectivity index (χ4n) is 3.57. The van der Waals surface area contributed by atoms with Crippen molar-refractivity contribution in [2.24, 2.45) is 0 Å². The molecule has 1 aliphatic heterocycles. The molecule has 1 saturated heterocycles. The Morgan fingerprint density at radius 1 is 1.11 bits per heavy atom. The molecule has 1 fully saturated rings. The van der Waals surface area contributed by atoms with Crippen molar-refractivity contribution in [3.8, 4) is 11.8 Å². The van der Waals surface area contributed by atoms with Crippen LogP contribution >= 0.6 is 0 Å². The minimum atomic E-state index is 0.314. The van der Waals surface area contributed by atoms with E-state index in [2.05, 4.69) is 65.8 Å². The number of nitrogens with two attached hydrogens (primary N) is 1. The van der Waals surface area contributed by atoms with E-state index in [-0.39, 0.29) is 0 Å². The molecular formula is C21H24N6. The first-order valence-electron chi connectivity index (χ1n) is 9.29. The van der Waals surface area contributed by atoms with Crippen molar-refractivity contribution in [2.45, 2.75) is 32.7 Å². The maximum Gasteiger partial charge on any atom is 0.164 e. The second-order valence-corrected chi connectivity index (χ2v) is 7.35. The molecule has 1 aromatic carbocycles. The molecule has 0 unspecified atom stereocenters. The summed E-state index contributed by atoms with van der Waals surface area (Å²) in [7, 11) is 2.15. The van der Waals surface area contributed by atoms with E-state index in [0.717, 1.165) is 48.1 Å². The highest BCUT2D eigenvalue weighted by molar-refractivity contribution is 5.90. The zero-order valence-electron chi connectivity index (χ0n) is 16.0. The second kappa shape index (κ2) is 7.01. The first kappa shape index (κ1) is 17.5. The number of nitrogen functional groups attached to an aromatic ring is 1. The Morgan fingerprint density at radius 3 is 2.67 bits per heavy atom. The normalized spacial score (nSPS) is 15.7. The maximum atomic E-state index is 6.16. The number of benzene rings is 1. The van der Waals surface area contributed by atoms with Gasteiger partial charge in [0.1, 0.15) is 17.8 Å². The largest absolute Gasteiger partial charge is 0.383 e. The Bertz CT molecular complexity index is 1050. The predicted octanol–water partition coefficient (Wildman–Crippen LogP) is 2.69. The maximum absolute atomic E-state index is 6.16. The summed E-state index contributed by atoms with van der Waals surface area (Å²) in [5, 5.41) is 5.57. The Hall–Kier alpha value is -2.91. The lowest BCUT2D eigenvalue weighted by Crippen LogP contribution is -2.32. The Kier molecular flexibility index (Phi) is 4.54. The van der Waals surface area contributed by atoms with Gasteiger partial charge in [-0.05, 0) is 69.9 Å². The van der Waals surface area contributed by atoms with Gasteiger partial charge in [0.2, 0.25) is 0 Å². The van der Waals surface area contributed by atoms with Gasteiger partial charge in [-0.3, -0.25) is 0 Å². The molecule has 0 amide bonds. The number of anilines is 1. The van der Waals surface area contributed by atoms with Crippen LogP contribution in [0.3, 0.4) is 0 Å². The molecule has 1 aliphatic rings. The third-order valence-corrected chi connectivity index (χ3v) is 5.26. The van der Waals surface area contributed by atoms with Crippen LogP contribution in [0.2, 0.25) is 0 Å². The molecule has 0 aliphatic carbocycles. The van der Waals surface area contributed by atoms with Crippen LogP contribution in [0.15, 0.2) is 24.5 Å². The number of nitrogens with zero attached hydrogens (tertiary/aromatic N) is 5. The smallest absolute Gasteiger partial charge is 0.164 e. The Morgan fingerprint density at radius 2 is 1.89 bits per heavy atom. The van der Waals surface area contributed by atoms with Gasteiger partial charge in [0, 0.05) is 5.56 Å². The fraction of sp³-hybridized carbons (Fsp3) is 0.381. The number of hydrogen-bond donors (Lipinski definition) is 1. The van der Waals surface area contributed by atoms with Crippen LogP contribution in [0, 0.1) is 25.7 Å². The Balaban J connectivity index is 1.80. The van der Waals surface area contributed by atoms with E-state index in [4.69, 9.17) is 10.8 Å². The number of hydrogen-bond acceptors (Lipinski definition) is 5. The van der Waals surface area contributed by atoms with E-state index in [9.17, 15) is 0 Å². The summed E-state index contributed by atoms with van der Waals surface area (Å²) in [5.41, 5.74) is 10.9. The standard InChI is InChI=1S/C21H24N6/c1-14-4-5-15(2)16(12-14)6-7-18-19-20(22)23-13-24-21(19)27(25-18)17-8-10-26(3)11-9-17/h4-5,12-13,17H,8-11H2,1-3H3,(H2,22,23,24). The molecule has 0 atom stereocenters. The average Bonchev–Trinajstić information content (AvgIpc) is 3.03. The topological polar surface area (TPSA) is 72.9 Å². The summed E-state index contributed by atoms with van der Waals surface area (Å²) >= 11 is 0. The van der Waals surface area contributed by atoms with Gasteiger partial charge in [-0.1, -0.05) is 18.1 Å². The van der Waals surface area contributed by atoms with Gasteiger partial charge >= 0.3 is 0 Å². The molecule has 2 N–H and O–H groups in total. The molecule has 0 bridgehead atoms. The van der Waals surface area contributed by atoms with Crippen molar-refractivity contribution < 1.29 is 0 Å². The van der Waals surface area contributed by atoms with E-state index in [1.165, 1.54) is 11.9 Å². The minimum Gasteiger partial charge on any atom is -0.383 e. The highest BCUT2D eigenvalue weighted by Gasteiger charge is 2.23. The molecule has 0 spiro atoms. The summed E-state index contributed by atoms with van der Waals surface area (Å²) in [6, 6.07) is 6.59. The van der Waals surface area contributed by atoms with Crippen molar-refractivity contribution in [3.05, 3.63) is 46.9 Å². The van der Waals surface area contributed by atoms with E-state index in [1.54, 1.807) is 0 Å². The van der Waals surface area contributed by atoms with Crippen LogP contribution in [-0.4, -0.2) is 44.8 Å². The number of fused-ring (bicyclic) bond motifs is 1. The molecule has 3 heterocycles. The molecule has 4 rings (SSSR count). The molecule has 0 saturated carbocycles. The minimum absolute atomic E-state index is 0.314. The second-order valence-electron chi connectivity index (χ2n) is 7.35. The molecule has 0 radical (unpaired) electrons. The zero-order chi connectivity index (χ0) is 19.0. The van der Waals surface area contributed by atoms with Crippen LogP contribution < -0.4 is 5.73 Å². The number of aryl methyl sites for hydroxylation is 2. The predicted molar refractivity (Wildman–Crippen MR) is 107 cm³/mol. The zero-order valence-corrected chi connectivity index (χ0v) is 16.0. The van der Waals surface area contributed by atoms with E-state index in [0.29, 0.717) is 17.6 Å². The summed E-state index contributed by atoms with van der Waals surface area (Å²) in [4.78, 5) is 11.0. The quantitative estimate of drug-likeness (QED) is 0.676. The van der Waals surface area contributed by atoms with Gasteiger partial charge in [0.25, 0.3) is 0 Å². The van der Waals surface area contributed by atoms with Crippen LogP contribution in [0.25, 0.3) is 11.0 Å². The first-order chi connectivity index (χ1) is 13.0. The molecular weight excluding hydrogens is 336 g/mol. The van der Waals surface area contributed by atoms with Crippen molar-refractivity contribution in [1.29, 1.82) is 0 Å². The lowest BCUT2D eigenvalue weighted by molar-refractivity contribution is 0.215. The lowest BCUT2D eigenvalue weighted by Gasteiger charge is -2.29. The van der Waals surface area contributed by atoms with Crippen LogP contribution in [0.1, 0.15) is 41.3 Å². The summed E-state index contributed by atoms with van der Waals surface area (Å²) in [6.07, 6.45) is 3.59. The van der Waals surface area contributed by atoms with Gasteiger partial charge in [0.05, 0.1) is 11.4 Å². The number of aromatic nitrogens is 4. The van der Waals surface area contributed by atoms with Crippen LogP contribution in [0.4, 0.5) is 5.82 Å². The van der Waals surface area contributed by atoms with Gasteiger partial charge in [-0.25, -0.2) is 14.6 Å². The average molecular weight is 360 g/mol. The monoisotopic (exact) mass is 360 g/mol. The SMILES string of the molecule is Cc1ccc(C)c(C#Cc2nn(C3CCN(C)CC3)c3ncnc(N)c23)c1. The molecule has 6 heteroatoms. The van der Waals surface area contributed by atoms with Gasteiger partial charge in [-0.15, -0.1) is 0 Å². The molecule has 6 nitrogen and oxygen atoms in total. The summed E-state index contributed by atoms with van der Waals surface area (Å²) < 4.78 is 2.01.